The van der Waals surface area contributed by atoms with Crippen molar-refractivity contribution >= 4 is 11.7 Å². The molecule has 1 amide bonds. The SMILES string of the molecule is COc1ccccc1C(=O)Nc1cc(C)nn1-c1cccc(C(F)(F)F)c1. The third-order valence-electron chi connectivity index (χ3n) is 3.84. The molecule has 5 nitrogen and oxygen atoms in total. The number of para-hydroxylation sites is 1. The molecular formula is C19H16F3N3O2. The van der Waals surface area contributed by atoms with Crippen molar-refractivity contribution in [2.75, 3.05) is 12.4 Å². The van der Waals surface area contributed by atoms with Crippen LogP contribution in [0.15, 0.2) is 54.6 Å². The number of amides is 1. The Morgan fingerprint density at radius 2 is 1.85 bits per heavy atom. The highest BCUT2D eigenvalue weighted by Crippen LogP contribution is 2.31. The van der Waals surface area contributed by atoms with Gasteiger partial charge < -0.3 is 10.1 Å². The smallest absolute Gasteiger partial charge is 0.416 e. The van der Waals surface area contributed by atoms with Gasteiger partial charge in [0.2, 0.25) is 0 Å². The van der Waals surface area contributed by atoms with Crippen LogP contribution in [0, 0.1) is 6.92 Å². The molecule has 0 radical (unpaired) electrons. The number of aryl methyl sites for hydroxylation is 1. The Labute approximate surface area is 153 Å². The lowest BCUT2D eigenvalue weighted by Gasteiger charge is -2.12. The summed E-state index contributed by atoms with van der Waals surface area (Å²) in [6.45, 7) is 1.68. The molecule has 1 heterocycles. The number of benzene rings is 2. The fourth-order valence-electron chi connectivity index (χ4n) is 2.62. The standard InChI is InChI=1S/C19H16F3N3O2/c1-12-10-17(23-18(26)15-8-3-4-9-16(15)27-2)25(24-12)14-7-5-6-13(11-14)19(20,21)22/h3-11H,1-2H3,(H,23,26). The zero-order valence-electron chi connectivity index (χ0n) is 14.5. The summed E-state index contributed by atoms with van der Waals surface area (Å²) < 4.78 is 45.4. The number of alkyl halides is 3. The van der Waals surface area contributed by atoms with E-state index in [-0.39, 0.29) is 11.5 Å². The molecule has 0 aliphatic rings. The fourth-order valence-corrected chi connectivity index (χ4v) is 2.62. The summed E-state index contributed by atoms with van der Waals surface area (Å²) in [5.74, 6) is 0.181. The largest absolute Gasteiger partial charge is 0.496 e. The normalized spacial score (nSPS) is 11.3. The average molecular weight is 375 g/mol. The van der Waals surface area contributed by atoms with Crippen molar-refractivity contribution in [2.24, 2.45) is 0 Å². The maximum atomic E-state index is 13.0. The van der Waals surface area contributed by atoms with Gasteiger partial charge in [0.1, 0.15) is 11.6 Å². The lowest BCUT2D eigenvalue weighted by atomic mass is 10.2. The minimum atomic E-state index is -4.47. The summed E-state index contributed by atoms with van der Waals surface area (Å²) in [7, 11) is 1.45. The number of methoxy groups -OCH3 is 1. The first kappa shape index (κ1) is 18.5. The van der Waals surface area contributed by atoms with Crippen LogP contribution < -0.4 is 10.1 Å². The van der Waals surface area contributed by atoms with Gasteiger partial charge in [-0.05, 0) is 37.3 Å². The molecule has 27 heavy (non-hydrogen) atoms. The van der Waals surface area contributed by atoms with Crippen LogP contribution >= 0.6 is 0 Å². The number of halogens is 3. The first-order valence-corrected chi connectivity index (χ1v) is 7.98. The van der Waals surface area contributed by atoms with E-state index >= 15 is 0 Å². The Bertz CT molecular complexity index is 980. The predicted molar refractivity (Wildman–Crippen MR) is 94.3 cm³/mol. The van der Waals surface area contributed by atoms with Crippen molar-refractivity contribution in [1.82, 2.24) is 9.78 Å². The van der Waals surface area contributed by atoms with E-state index < -0.39 is 17.6 Å². The molecule has 0 fully saturated rings. The van der Waals surface area contributed by atoms with E-state index in [1.54, 1.807) is 37.3 Å². The Morgan fingerprint density at radius 3 is 2.56 bits per heavy atom. The van der Waals surface area contributed by atoms with E-state index in [4.69, 9.17) is 4.74 Å². The summed E-state index contributed by atoms with van der Waals surface area (Å²) in [6.07, 6.45) is -4.47. The molecule has 0 saturated heterocycles. The van der Waals surface area contributed by atoms with Gasteiger partial charge in [0.05, 0.1) is 29.6 Å². The summed E-state index contributed by atoms with van der Waals surface area (Å²) in [5, 5.41) is 6.88. The van der Waals surface area contributed by atoms with Crippen molar-refractivity contribution in [3.63, 3.8) is 0 Å². The molecule has 8 heteroatoms. The van der Waals surface area contributed by atoms with Crippen molar-refractivity contribution in [2.45, 2.75) is 13.1 Å². The summed E-state index contributed by atoms with van der Waals surface area (Å²) in [4.78, 5) is 12.6. The molecule has 3 aromatic rings. The number of carbonyl (C=O) groups is 1. The molecule has 0 atom stereocenters. The second-order valence-corrected chi connectivity index (χ2v) is 5.79. The van der Waals surface area contributed by atoms with Crippen LogP contribution in [0.5, 0.6) is 5.75 Å². The van der Waals surface area contributed by atoms with Crippen LogP contribution in [0.2, 0.25) is 0 Å². The zero-order valence-corrected chi connectivity index (χ0v) is 14.5. The fraction of sp³-hybridized carbons (Fsp3) is 0.158. The lowest BCUT2D eigenvalue weighted by molar-refractivity contribution is -0.137. The highest BCUT2D eigenvalue weighted by molar-refractivity contribution is 6.05. The van der Waals surface area contributed by atoms with Gasteiger partial charge >= 0.3 is 6.18 Å². The van der Waals surface area contributed by atoms with Crippen molar-refractivity contribution in [3.8, 4) is 11.4 Å². The summed E-state index contributed by atoms with van der Waals surface area (Å²) in [6, 6.07) is 13.0. The quantitative estimate of drug-likeness (QED) is 0.733. The molecule has 2 aromatic carbocycles. The van der Waals surface area contributed by atoms with Crippen LogP contribution in [0.25, 0.3) is 5.69 Å². The van der Waals surface area contributed by atoms with Crippen LogP contribution in [-0.4, -0.2) is 22.8 Å². The monoisotopic (exact) mass is 375 g/mol. The first-order valence-electron chi connectivity index (χ1n) is 7.98. The van der Waals surface area contributed by atoms with Gasteiger partial charge in [-0.15, -0.1) is 0 Å². The number of nitrogens with one attached hydrogen (secondary N) is 1. The maximum absolute atomic E-state index is 13.0. The van der Waals surface area contributed by atoms with Gasteiger partial charge in [-0.3, -0.25) is 4.79 Å². The highest BCUT2D eigenvalue weighted by Gasteiger charge is 2.30. The third kappa shape index (κ3) is 3.94. The minimum Gasteiger partial charge on any atom is -0.496 e. The molecule has 0 aliphatic heterocycles. The molecule has 3 rings (SSSR count). The van der Waals surface area contributed by atoms with Gasteiger partial charge in [0.25, 0.3) is 5.91 Å². The van der Waals surface area contributed by atoms with E-state index in [0.717, 1.165) is 12.1 Å². The molecule has 0 aliphatic carbocycles. The van der Waals surface area contributed by atoms with Crippen LogP contribution in [0.3, 0.4) is 0 Å². The van der Waals surface area contributed by atoms with Gasteiger partial charge in [0, 0.05) is 6.07 Å². The Balaban J connectivity index is 1.97. The summed E-state index contributed by atoms with van der Waals surface area (Å²) >= 11 is 0. The molecule has 0 unspecified atom stereocenters. The van der Waals surface area contributed by atoms with Gasteiger partial charge in [0.15, 0.2) is 0 Å². The number of rotatable bonds is 4. The van der Waals surface area contributed by atoms with Crippen LogP contribution in [-0.2, 0) is 6.18 Å². The van der Waals surface area contributed by atoms with Crippen LogP contribution in [0.4, 0.5) is 19.0 Å². The molecular weight excluding hydrogens is 359 g/mol. The van der Waals surface area contributed by atoms with E-state index in [1.165, 1.54) is 23.9 Å². The maximum Gasteiger partial charge on any atom is 0.416 e. The highest BCUT2D eigenvalue weighted by atomic mass is 19.4. The topological polar surface area (TPSA) is 56.1 Å². The zero-order chi connectivity index (χ0) is 19.6. The number of anilines is 1. The van der Waals surface area contributed by atoms with E-state index in [9.17, 15) is 18.0 Å². The number of aromatic nitrogens is 2. The lowest BCUT2D eigenvalue weighted by Crippen LogP contribution is -2.16. The predicted octanol–water partition coefficient (Wildman–Crippen LogP) is 4.46. The number of carbonyl (C=O) groups excluding carboxylic acids is 1. The third-order valence-corrected chi connectivity index (χ3v) is 3.84. The average Bonchev–Trinajstić information content (AvgIpc) is 3.01. The second kappa shape index (κ2) is 7.14. The Morgan fingerprint density at radius 1 is 1.11 bits per heavy atom. The molecule has 0 saturated carbocycles. The van der Waals surface area contributed by atoms with Crippen molar-refractivity contribution < 1.29 is 22.7 Å². The molecule has 140 valence electrons. The Kier molecular flexibility index (Phi) is 4.89. The van der Waals surface area contributed by atoms with Crippen LogP contribution in [0.1, 0.15) is 21.6 Å². The molecule has 1 aromatic heterocycles. The second-order valence-electron chi connectivity index (χ2n) is 5.79. The van der Waals surface area contributed by atoms with Gasteiger partial charge in [-0.1, -0.05) is 18.2 Å². The molecule has 0 bridgehead atoms. The van der Waals surface area contributed by atoms with E-state index in [2.05, 4.69) is 10.4 Å². The first-order chi connectivity index (χ1) is 12.8. The number of ether oxygens (including phenoxy) is 1. The number of hydrogen-bond donors (Lipinski definition) is 1. The van der Waals surface area contributed by atoms with Crippen molar-refractivity contribution in [3.05, 3.63) is 71.4 Å². The van der Waals surface area contributed by atoms with E-state index in [0.29, 0.717) is 17.0 Å². The van der Waals surface area contributed by atoms with Gasteiger partial charge in [-0.25, -0.2) is 4.68 Å². The van der Waals surface area contributed by atoms with Gasteiger partial charge in [-0.2, -0.15) is 18.3 Å². The van der Waals surface area contributed by atoms with E-state index in [1.807, 2.05) is 0 Å². The van der Waals surface area contributed by atoms with Crippen molar-refractivity contribution in [1.29, 1.82) is 0 Å². The Hall–Kier alpha value is -3.29. The molecule has 0 spiro atoms. The summed E-state index contributed by atoms with van der Waals surface area (Å²) in [5.41, 5.74) is 0.237. The minimum absolute atomic E-state index is 0.188. The number of nitrogens with zero attached hydrogens (tertiary/aromatic N) is 2. The molecule has 1 N–H and O–H groups in total. The number of hydrogen-bond acceptors (Lipinski definition) is 3.